The third kappa shape index (κ3) is 3.23. The molecule has 1 saturated heterocycles. The van der Waals surface area contributed by atoms with Gasteiger partial charge >= 0.3 is 0 Å². The minimum atomic E-state index is 0.00616. The molecular formula is C14H22N4O. The first kappa shape index (κ1) is 13.8. The number of hydrogen-bond acceptors (Lipinski definition) is 4. The Bertz CT molecular complexity index is 441. The first-order valence-corrected chi connectivity index (χ1v) is 6.72. The van der Waals surface area contributed by atoms with E-state index in [9.17, 15) is 4.79 Å². The van der Waals surface area contributed by atoms with E-state index in [4.69, 9.17) is 0 Å². The van der Waals surface area contributed by atoms with Crippen molar-refractivity contribution in [2.45, 2.75) is 18.9 Å². The normalized spacial score (nSPS) is 17.2. The molecule has 0 aromatic carbocycles. The maximum absolute atomic E-state index is 12.4. The highest BCUT2D eigenvalue weighted by molar-refractivity contribution is 5.92. The maximum Gasteiger partial charge on any atom is 0.272 e. The van der Waals surface area contributed by atoms with Crippen LogP contribution in [0.1, 0.15) is 23.3 Å². The number of carbonyl (C=O) groups is 1. The highest BCUT2D eigenvalue weighted by Gasteiger charge is 2.25. The second kappa shape index (κ2) is 6.02. The van der Waals surface area contributed by atoms with Gasteiger partial charge in [0.2, 0.25) is 0 Å². The molecular weight excluding hydrogens is 240 g/mol. The molecule has 1 aromatic heterocycles. The third-order valence-electron chi connectivity index (χ3n) is 3.78. The molecule has 1 aromatic rings. The highest BCUT2D eigenvalue weighted by Crippen LogP contribution is 2.16. The van der Waals surface area contributed by atoms with Crippen LogP contribution >= 0.6 is 0 Å². The van der Waals surface area contributed by atoms with Crippen LogP contribution in [-0.2, 0) is 0 Å². The van der Waals surface area contributed by atoms with Crippen molar-refractivity contribution >= 4 is 11.7 Å². The number of carbonyl (C=O) groups excluding carboxylic acids is 1. The second-order valence-electron chi connectivity index (χ2n) is 5.11. The zero-order chi connectivity index (χ0) is 13.8. The van der Waals surface area contributed by atoms with Crippen molar-refractivity contribution in [3.63, 3.8) is 0 Å². The van der Waals surface area contributed by atoms with E-state index in [-0.39, 0.29) is 5.91 Å². The Labute approximate surface area is 114 Å². The lowest BCUT2D eigenvalue weighted by atomic mass is 10.0. The van der Waals surface area contributed by atoms with Crippen molar-refractivity contribution in [3.8, 4) is 0 Å². The zero-order valence-corrected chi connectivity index (χ0v) is 11.9. The zero-order valence-electron chi connectivity index (χ0n) is 11.9. The van der Waals surface area contributed by atoms with Crippen molar-refractivity contribution < 1.29 is 4.79 Å². The smallest absolute Gasteiger partial charge is 0.272 e. The van der Waals surface area contributed by atoms with E-state index < -0.39 is 0 Å². The summed E-state index contributed by atoms with van der Waals surface area (Å²) in [5, 5.41) is 2.96. The van der Waals surface area contributed by atoms with Gasteiger partial charge in [-0.05, 0) is 45.1 Å². The largest absolute Gasteiger partial charge is 0.373 e. The molecule has 2 rings (SSSR count). The summed E-state index contributed by atoms with van der Waals surface area (Å²) in [6.45, 7) is 2.10. The Balaban J connectivity index is 2.05. The Morgan fingerprint density at radius 3 is 2.74 bits per heavy atom. The summed E-state index contributed by atoms with van der Waals surface area (Å²) in [7, 11) is 5.80. The van der Waals surface area contributed by atoms with Crippen molar-refractivity contribution in [1.82, 2.24) is 14.8 Å². The Morgan fingerprint density at radius 2 is 2.11 bits per heavy atom. The minimum Gasteiger partial charge on any atom is -0.373 e. The van der Waals surface area contributed by atoms with E-state index in [0.717, 1.165) is 31.7 Å². The van der Waals surface area contributed by atoms with Gasteiger partial charge < -0.3 is 15.1 Å². The van der Waals surface area contributed by atoms with Gasteiger partial charge in [0.25, 0.3) is 5.91 Å². The molecule has 1 aliphatic heterocycles. The maximum atomic E-state index is 12.4. The summed E-state index contributed by atoms with van der Waals surface area (Å²) in [6.07, 6.45) is 2.06. The standard InChI is InChI=1S/C14H22N4O/c1-15-13-6-4-5-12(16-13)14(19)18(3)11-7-9-17(2)10-8-11/h4-6,11H,7-10H2,1-3H3,(H,15,16). The molecule has 1 N–H and O–H groups in total. The molecule has 0 spiro atoms. The number of anilines is 1. The molecule has 0 atom stereocenters. The minimum absolute atomic E-state index is 0.00616. The lowest BCUT2D eigenvalue weighted by Gasteiger charge is -2.34. The van der Waals surface area contributed by atoms with E-state index in [2.05, 4.69) is 22.2 Å². The molecule has 1 aliphatic rings. The highest BCUT2D eigenvalue weighted by atomic mass is 16.2. The molecule has 0 unspecified atom stereocenters. The summed E-state index contributed by atoms with van der Waals surface area (Å²) in [6, 6.07) is 5.80. The Kier molecular flexibility index (Phi) is 4.37. The number of pyridine rings is 1. The van der Waals surface area contributed by atoms with E-state index in [0.29, 0.717) is 11.7 Å². The summed E-state index contributed by atoms with van der Waals surface area (Å²) >= 11 is 0. The van der Waals surface area contributed by atoms with Gasteiger partial charge in [-0.25, -0.2) is 4.98 Å². The number of rotatable bonds is 3. The van der Waals surface area contributed by atoms with Crippen LogP contribution in [0.25, 0.3) is 0 Å². The molecule has 1 fully saturated rings. The number of likely N-dealkylation sites (tertiary alicyclic amines) is 1. The van der Waals surface area contributed by atoms with Gasteiger partial charge in [-0.2, -0.15) is 0 Å². The summed E-state index contributed by atoms with van der Waals surface area (Å²) in [4.78, 5) is 20.9. The SMILES string of the molecule is CNc1cccc(C(=O)N(C)C2CCN(C)CC2)n1. The molecule has 0 radical (unpaired) electrons. The van der Waals surface area contributed by atoms with Gasteiger partial charge in [-0.15, -0.1) is 0 Å². The van der Waals surface area contributed by atoms with Gasteiger partial charge in [-0.1, -0.05) is 6.07 Å². The third-order valence-corrected chi connectivity index (χ3v) is 3.78. The predicted octanol–water partition coefficient (Wildman–Crippen LogP) is 1.29. The van der Waals surface area contributed by atoms with Crippen molar-refractivity contribution in [2.75, 3.05) is 39.5 Å². The van der Waals surface area contributed by atoms with Gasteiger partial charge in [0.1, 0.15) is 11.5 Å². The summed E-state index contributed by atoms with van der Waals surface area (Å²) in [5.41, 5.74) is 0.508. The van der Waals surface area contributed by atoms with Crippen molar-refractivity contribution in [1.29, 1.82) is 0 Å². The van der Waals surface area contributed by atoms with Crippen molar-refractivity contribution in [3.05, 3.63) is 23.9 Å². The van der Waals surface area contributed by atoms with Crippen LogP contribution in [0, 0.1) is 0 Å². The topological polar surface area (TPSA) is 48.5 Å². The number of nitrogens with one attached hydrogen (secondary N) is 1. The van der Waals surface area contributed by atoms with Crippen LogP contribution in [-0.4, -0.2) is 61.0 Å². The van der Waals surface area contributed by atoms with Crippen LogP contribution < -0.4 is 5.32 Å². The number of aromatic nitrogens is 1. The molecule has 2 heterocycles. The molecule has 0 aliphatic carbocycles. The Morgan fingerprint density at radius 1 is 1.42 bits per heavy atom. The fourth-order valence-corrected chi connectivity index (χ4v) is 2.42. The lowest BCUT2D eigenvalue weighted by Crippen LogP contribution is -2.44. The van der Waals surface area contributed by atoms with Gasteiger partial charge in [0.15, 0.2) is 0 Å². The van der Waals surface area contributed by atoms with Crippen LogP contribution in [0.3, 0.4) is 0 Å². The predicted molar refractivity (Wildman–Crippen MR) is 76.4 cm³/mol. The molecule has 1 amide bonds. The average molecular weight is 262 g/mol. The monoisotopic (exact) mass is 262 g/mol. The average Bonchev–Trinajstić information content (AvgIpc) is 2.46. The van der Waals surface area contributed by atoms with E-state index >= 15 is 0 Å². The second-order valence-corrected chi connectivity index (χ2v) is 5.11. The fraction of sp³-hybridized carbons (Fsp3) is 0.571. The molecule has 104 valence electrons. The first-order chi connectivity index (χ1) is 9.11. The number of piperidine rings is 1. The van der Waals surface area contributed by atoms with Crippen LogP contribution in [0.5, 0.6) is 0 Å². The van der Waals surface area contributed by atoms with E-state index in [1.165, 1.54) is 0 Å². The lowest BCUT2D eigenvalue weighted by molar-refractivity contribution is 0.0654. The summed E-state index contributed by atoms with van der Waals surface area (Å²) in [5.74, 6) is 0.731. The van der Waals surface area contributed by atoms with E-state index in [1.807, 2.05) is 24.1 Å². The fourth-order valence-electron chi connectivity index (χ4n) is 2.42. The molecule has 0 saturated carbocycles. The molecule has 19 heavy (non-hydrogen) atoms. The summed E-state index contributed by atoms with van der Waals surface area (Å²) < 4.78 is 0. The van der Waals surface area contributed by atoms with Crippen LogP contribution in [0.2, 0.25) is 0 Å². The molecule has 0 bridgehead atoms. The number of amides is 1. The molecule has 5 heteroatoms. The van der Waals surface area contributed by atoms with E-state index in [1.54, 1.807) is 13.1 Å². The van der Waals surface area contributed by atoms with Gasteiger partial charge in [0, 0.05) is 20.1 Å². The van der Waals surface area contributed by atoms with Crippen LogP contribution in [0.15, 0.2) is 18.2 Å². The van der Waals surface area contributed by atoms with Crippen LogP contribution in [0.4, 0.5) is 5.82 Å². The first-order valence-electron chi connectivity index (χ1n) is 6.72. The van der Waals surface area contributed by atoms with Crippen molar-refractivity contribution in [2.24, 2.45) is 0 Å². The van der Waals surface area contributed by atoms with Gasteiger partial charge in [0.05, 0.1) is 0 Å². The number of nitrogens with zero attached hydrogens (tertiary/aromatic N) is 3. The number of hydrogen-bond donors (Lipinski definition) is 1. The van der Waals surface area contributed by atoms with Gasteiger partial charge in [-0.3, -0.25) is 4.79 Å². The Hall–Kier alpha value is -1.62. The molecule has 5 nitrogen and oxygen atoms in total. The quantitative estimate of drug-likeness (QED) is 0.891.